The maximum atomic E-state index is 11.0. The minimum Gasteiger partial charge on any atom is -0.480 e. The first-order valence-electron chi connectivity index (χ1n) is 5.49. The van der Waals surface area contributed by atoms with Crippen molar-refractivity contribution in [2.45, 2.75) is 18.9 Å². The van der Waals surface area contributed by atoms with Crippen LogP contribution >= 0.6 is 0 Å². The summed E-state index contributed by atoms with van der Waals surface area (Å²) in [7, 11) is 0. The third-order valence-corrected chi connectivity index (χ3v) is 2.93. The van der Waals surface area contributed by atoms with Gasteiger partial charge in [0.2, 0.25) is 0 Å². The van der Waals surface area contributed by atoms with Crippen molar-refractivity contribution in [3.05, 3.63) is 48.0 Å². The molecule has 3 heteroatoms. The fourth-order valence-electron chi connectivity index (χ4n) is 1.92. The molecule has 0 heterocycles. The molecule has 0 saturated carbocycles. The molecule has 88 valence electrons. The van der Waals surface area contributed by atoms with Crippen molar-refractivity contribution in [1.29, 1.82) is 0 Å². The lowest BCUT2D eigenvalue weighted by molar-refractivity contribution is -0.142. The van der Waals surface area contributed by atoms with Crippen molar-refractivity contribution >= 4 is 16.7 Å². The lowest BCUT2D eigenvalue weighted by Gasteiger charge is -2.20. The highest BCUT2D eigenvalue weighted by Gasteiger charge is 2.28. The zero-order valence-electron chi connectivity index (χ0n) is 9.68. The van der Waals surface area contributed by atoms with Gasteiger partial charge >= 0.3 is 5.97 Å². The van der Waals surface area contributed by atoms with Gasteiger partial charge in [-0.05, 0) is 23.3 Å². The highest BCUT2D eigenvalue weighted by molar-refractivity contribution is 5.87. The van der Waals surface area contributed by atoms with E-state index in [2.05, 4.69) is 0 Å². The second-order valence-electron chi connectivity index (χ2n) is 4.54. The molecule has 0 aromatic heterocycles. The van der Waals surface area contributed by atoms with Crippen molar-refractivity contribution in [2.75, 3.05) is 0 Å². The van der Waals surface area contributed by atoms with Gasteiger partial charge in [-0.15, -0.1) is 0 Å². The monoisotopic (exact) mass is 229 g/mol. The Hall–Kier alpha value is -1.87. The van der Waals surface area contributed by atoms with Gasteiger partial charge < -0.3 is 10.8 Å². The fraction of sp³-hybridized carbons (Fsp3) is 0.214. The molecular weight excluding hydrogens is 214 g/mol. The second kappa shape index (κ2) is 4.18. The summed E-state index contributed by atoms with van der Waals surface area (Å²) in [5.74, 6) is -0.981. The first-order chi connectivity index (χ1) is 8.00. The highest BCUT2D eigenvalue weighted by atomic mass is 16.4. The predicted molar refractivity (Wildman–Crippen MR) is 67.9 cm³/mol. The number of hydrogen-bond acceptors (Lipinski definition) is 2. The van der Waals surface area contributed by atoms with Crippen LogP contribution in [0.5, 0.6) is 0 Å². The molecule has 0 bridgehead atoms. The first kappa shape index (κ1) is 11.6. The molecule has 2 aromatic rings. The van der Waals surface area contributed by atoms with E-state index in [0.717, 1.165) is 16.3 Å². The molecule has 2 aromatic carbocycles. The average Bonchev–Trinajstić information content (AvgIpc) is 2.29. The molecule has 2 rings (SSSR count). The summed E-state index contributed by atoms with van der Waals surface area (Å²) in [6.45, 7) is 1.54. The van der Waals surface area contributed by atoms with Crippen LogP contribution in [0.4, 0.5) is 0 Å². The van der Waals surface area contributed by atoms with Gasteiger partial charge in [0, 0.05) is 6.42 Å². The Bertz CT molecular complexity index is 556. The van der Waals surface area contributed by atoms with Crippen molar-refractivity contribution in [2.24, 2.45) is 5.73 Å². The number of fused-ring (bicyclic) bond motifs is 1. The van der Waals surface area contributed by atoms with Crippen LogP contribution in [0, 0.1) is 0 Å². The van der Waals surface area contributed by atoms with E-state index in [1.807, 2.05) is 42.5 Å². The Balaban J connectivity index is 2.46. The van der Waals surface area contributed by atoms with Crippen LogP contribution in [0.2, 0.25) is 0 Å². The smallest absolute Gasteiger partial charge is 0.323 e. The first-order valence-corrected chi connectivity index (χ1v) is 5.49. The normalized spacial score (nSPS) is 14.5. The van der Waals surface area contributed by atoms with Crippen molar-refractivity contribution in [3.8, 4) is 0 Å². The fourth-order valence-corrected chi connectivity index (χ4v) is 1.92. The quantitative estimate of drug-likeness (QED) is 0.848. The molecule has 3 nitrogen and oxygen atoms in total. The molecule has 0 aliphatic carbocycles. The molecule has 0 aliphatic heterocycles. The summed E-state index contributed by atoms with van der Waals surface area (Å²) in [5.41, 5.74) is 5.52. The lowest BCUT2D eigenvalue weighted by atomic mass is 9.91. The van der Waals surface area contributed by atoms with Crippen molar-refractivity contribution < 1.29 is 9.90 Å². The molecule has 0 aliphatic rings. The van der Waals surface area contributed by atoms with E-state index in [1.165, 1.54) is 6.92 Å². The van der Waals surface area contributed by atoms with Crippen LogP contribution in [-0.2, 0) is 11.2 Å². The summed E-state index contributed by atoms with van der Waals surface area (Å²) in [4.78, 5) is 11.0. The van der Waals surface area contributed by atoms with Crippen LogP contribution in [0.1, 0.15) is 12.5 Å². The van der Waals surface area contributed by atoms with Crippen molar-refractivity contribution in [3.63, 3.8) is 0 Å². The topological polar surface area (TPSA) is 63.3 Å². The van der Waals surface area contributed by atoms with E-state index in [9.17, 15) is 4.79 Å². The highest BCUT2D eigenvalue weighted by Crippen LogP contribution is 2.21. The van der Waals surface area contributed by atoms with Gasteiger partial charge in [0.15, 0.2) is 0 Å². The number of carboxylic acids is 1. The van der Waals surface area contributed by atoms with Gasteiger partial charge in [-0.3, -0.25) is 4.79 Å². The summed E-state index contributed by atoms with van der Waals surface area (Å²) >= 11 is 0. The third-order valence-electron chi connectivity index (χ3n) is 2.93. The van der Waals surface area contributed by atoms with E-state index in [-0.39, 0.29) is 0 Å². The predicted octanol–water partition coefficient (Wildman–Crippen LogP) is 2.18. The number of rotatable bonds is 3. The maximum Gasteiger partial charge on any atom is 0.323 e. The summed E-state index contributed by atoms with van der Waals surface area (Å²) in [6.07, 6.45) is 0.323. The molecule has 1 atom stereocenters. The lowest BCUT2D eigenvalue weighted by Crippen LogP contribution is -2.46. The Labute approximate surface area is 99.9 Å². The van der Waals surface area contributed by atoms with E-state index in [0.29, 0.717) is 6.42 Å². The van der Waals surface area contributed by atoms with E-state index >= 15 is 0 Å². The molecule has 0 spiro atoms. The average molecular weight is 229 g/mol. The van der Waals surface area contributed by atoms with Crippen LogP contribution in [0.25, 0.3) is 10.8 Å². The molecule has 17 heavy (non-hydrogen) atoms. The number of carboxylic acid groups (broad SMARTS) is 1. The molecule has 0 amide bonds. The van der Waals surface area contributed by atoms with Gasteiger partial charge in [0.25, 0.3) is 0 Å². The SMILES string of the molecule is C[C@](N)(Cc1cccc2ccccc12)C(=O)O. The maximum absolute atomic E-state index is 11.0. The van der Waals surface area contributed by atoms with Crippen LogP contribution < -0.4 is 5.73 Å². The van der Waals surface area contributed by atoms with Crippen LogP contribution in [-0.4, -0.2) is 16.6 Å². The number of nitrogens with two attached hydrogens (primary N) is 1. The Morgan fingerprint density at radius 1 is 1.24 bits per heavy atom. The molecule has 3 N–H and O–H groups in total. The molecular formula is C14H15NO2. The van der Waals surface area contributed by atoms with Crippen LogP contribution in [0.3, 0.4) is 0 Å². The zero-order valence-corrected chi connectivity index (χ0v) is 9.68. The minimum absolute atomic E-state index is 0.323. The number of aliphatic carboxylic acids is 1. The van der Waals surface area contributed by atoms with Crippen LogP contribution in [0.15, 0.2) is 42.5 Å². The number of benzene rings is 2. The Morgan fingerprint density at radius 2 is 1.88 bits per heavy atom. The van der Waals surface area contributed by atoms with Gasteiger partial charge in [-0.2, -0.15) is 0 Å². The summed E-state index contributed by atoms with van der Waals surface area (Å²) in [5, 5.41) is 11.2. The van der Waals surface area contributed by atoms with Gasteiger partial charge in [0.05, 0.1) is 0 Å². The van der Waals surface area contributed by atoms with Gasteiger partial charge in [0.1, 0.15) is 5.54 Å². The minimum atomic E-state index is -1.23. The molecule has 0 fully saturated rings. The largest absolute Gasteiger partial charge is 0.480 e. The summed E-state index contributed by atoms with van der Waals surface area (Å²) in [6, 6.07) is 13.8. The number of hydrogen-bond donors (Lipinski definition) is 2. The number of carbonyl (C=O) groups is 1. The second-order valence-corrected chi connectivity index (χ2v) is 4.54. The molecule has 0 radical (unpaired) electrons. The van der Waals surface area contributed by atoms with E-state index in [1.54, 1.807) is 0 Å². The Kier molecular flexibility index (Phi) is 2.86. The Morgan fingerprint density at radius 3 is 2.59 bits per heavy atom. The molecule has 0 unspecified atom stereocenters. The van der Waals surface area contributed by atoms with E-state index in [4.69, 9.17) is 10.8 Å². The standard InChI is InChI=1S/C14H15NO2/c1-14(15,13(16)17)9-11-7-4-6-10-5-2-3-8-12(10)11/h2-8H,9,15H2,1H3,(H,16,17)/t14-/m0/s1. The third kappa shape index (κ3) is 2.29. The summed E-state index contributed by atoms with van der Waals surface area (Å²) < 4.78 is 0. The molecule has 0 saturated heterocycles. The van der Waals surface area contributed by atoms with Crippen molar-refractivity contribution in [1.82, 2.24) is 0 Å². The van der Waals surface area contributed by atoms with Gasteiger partial charge in [-0.1, -0.05) is 42.5 Å². The van der Waals surface area contributed by atoms with E-state index < -0.39 is 11.5 Å². The van der Waals surface area contributed by atoms with Gasteiger partial charge in [-0.25, -0.2) is 0 Å². The zero-order chi connectivity index (χ0) is 12.5.